The van der Waals surface area contributed by atoms with Crippen molar-refractivity contribution in [1.29, 1.82) is 0 Å². The van der Waals surface area contributed by atoms with E-state index >= 15 is 0 Å². The molecule has 8 nitrogen and oxygen atoms in total. The van der Waals surface area contributed by atoms with E-state index in [9.17, 15) is 14.9 Å². The molecule has 1 heterocycles. The lowest BCUT2D eigenvalue weighted by molar-refractivity contribution is -0.402. The Morgan fingerprint density at radius 1 is 1.35 bits per heavy atom. The van der Waals surface area contributed by atoms with Gasteiger partial charge in [0.1, 0.15) is 4.92 Å². The van der Waals surface area contributed by atoms with Gasteiger partial charge in [0.25, 0.3) is 5.91 Å². The van der Waals surface area contributed by atoms with Crippen molar-refractivity contribution in [1.82, 2.24) is 10.3 Å². The summed E-state index contributed by atoms with van der Waals surface area (Å²) in [7, 11) is 0. The number of hydrogen-bond acceptors (Lipinski definition) is 6. The van der Waals surface area contributed by atoms with Gasteiger partial charge in [-0.1, -0.05) is 27.7 Å². The molecule has 0 bridgehead atoms. The van der Waals surface area contributed by atoms with Gasteiger partial charge in [0.15, 0.2) is 5.76 Å². The Morgan fingerprint density at radius 2 is 1.96 bits per heavy atom. The van der Waals surface area contributed by atoms with Crippen molar-refractivity contribution < 1.29 is 14.1 Å². The molecule has 8 heteroatoms. The van der Waals surface area contributed by atoms with Gasteiger partial charge in [-0.05, 0) is 17.9 Å². The fourth-order valence-corrected chi connectivity index (χ4v) is 2.15. The Hall–Kier alpha value is -2.22. The molecule has 0 aliphatic rings. The molecular formula is C15H24N4O4. The minimum absolute atomic E-state index is 0.207. The molecule has 0 atom stereocenters. The van der Waals surface area contributed by atoms with Crippen LogP contribution in [0.15, 0.2) is 21.7 Å². The van der Waals surface area contributed by atoms with Gasteiger partial charge in [0, 0.05) is 13.1 Å². The van der Waals surface area contributed by atoms with Crippen molar-refractivity contribution in [3.8, 4) is 0 Å². The highest BCUT2D eigenvalue weighted by Crippen LogP contribution is 2.13. The predicted octanol–water partition coefficient (Wildman–Crippen LogP) is 2.25. The Bertz CT molecular complexity index is 541. The molecular weight excluding hydrogens is 300 g/mol. The highest BCUT2D eigenvalue weighted by Gasteiger charge is 2.13. The van der Waals surface area contributed by atoms with Crippen LogP contribution in [0.4, 0.5) is 5.88 Å². The summed E-state index contributed by atoms with van der Waals surface area (Å²) in [5.74, 6) is 0.544. The van der Waals surface area contributed by atoms with E-state index < -0.39 is 4.92 Å². The summed E-state index contributed by atoms with van der Waals surface area (Å²) in [5, 5.41) is 14.2. The first kappa shape index (κ1) is 18.8. The lowest BCUT2D eigenvalue weighted by Gasteiger charge is -2.24. The number of rotatable bonds is 9. The zero-order valence-corrected chi connectivity index (χ0v) is 14.0. The Labute approximate surface area is 135 Å². The van der Waals surface area contributed by atoms with Crippen LogP contribution in [0.5, 0.6) is 0 Å². The molecule has 1 rings (SSSR count). The van der Waals surface area contributed by atoms with E-state index in [1.165, 1.54) is 18.3 Å². The molecule has 0 saturated heterocycles. The Balaban J connectivity index is 2.49. The number of hydrogen-bond donors (Lipinski definition) is 1. The van der Waals surface area contributed by atoms with Crippen LogP contribution < -0.4 is 5.43 Å². The molecule has 128 valence electrons. The van der Waals surface area contributed by atoms with Gasteiger partial charge in [-0.15, -0.1) is 0 Å². The first-order valence-corrected chi connectivity index (χ1v) is 7.56. The highest BCUT2D eigenvalue weighted by atomic mass is 16.6. The Kier molecular flexibility index (Phi) is 7.40. The number of furan rings is 1. The minimum Gasteiger partial charge on any atom is -0.400 e. The number of nitro groups is 1. The van der Waals surface area contributed by atoms with E-state index in [1.54, 1.807) is 0 Å². The number of amides is 1. The van der Waals surface area contributed by atoms with Crippen molar-refractivity contribution in [3.05, 3.63) is 28.0 Å². The summed E-state index contributed by atoms with van der Waals surface area (Å²) in [6, 6.07) is 2.65. The molecule has 0 aromatic carbocycles. The van der Waals surface area contributed by atoms with Crippen molar-refractivity contribution in [2.75, 3.05) is 19.6 Å². The van der Waals surface area contributed by atoms with Crippen LogP contribution >= 0.6 is 0 Å². The second-order valence-electron chi connectivity index (χ2n) is 6.21. The predicted molar refractivity (Wildman–Crippen MR) is 87.2 cm³/mol. The normalized spacial score (nSPS) is 11.8. The molecule has 0 unspecified atom stereocenters. The quantitative estimate of drug-likeness (QED) is 0.426. The van der Waals surface area contributed by atoms with E-state index in [2.05, 4.69) is 43.1 Å². The maximum absolute atomic E-state index is 11.9. The average Bonchev–Trinajstić information content (AvgIpc) is 2.85. The molecule has 0 fully saturated rings. The van der Waals surface area contributed by atoms with Crippen LogP contribution in [-0.4, -0.2) is 41.6 Å². The van der Waals surface area contributed by atoms with Crippen LogP contribution in [-0.2, 0) is 4.79 Å². The zero-order valence-electron chi connectivity index (χ0n) is 14.0. The third kappa shape index (κ3) is 7.55. The van der Waals surface area contributed by atoms with Gasteiger partial charge in [0.2, 0.25) is 0 Å². The molecule has 0 radical (unpaired) electrons. The van der Waals surface area contributed by atoms with Crippen molar-refractivity contribution in [2.45, 2.75) is 27.7 Å². The van der Waals surface area contributed by atoms with Crippen LogP contribution in [0.3, 0.4) is 0 Å². The van der Waals surface area contributed by atoms with Crippen LogP contribution in [0.1, 0.15) is 33.5 Å². The third-order valence-electron chi connectivity index (χ3n) is 2.79. The molecule has 1 aromatic heterocycles. The number of carbonyl (C=O) groups excluding carboxylic acids is 1. The van der Waals surface area contributed by atoms with Crippen LogP contribution in [0, 0.1) is 22.0 Å². The largest absolute Gasteiger partial charge is 0.433 e. The lowest BCUT2D eigenvalue weighted by atomic mass is 10.1. The SMILES string of the molecule is CC(C)CN(CC(=O)N/N=C\c1ccc([N+](=O)[O-])o1)CC(C)C. The number of carbonyl (C=O) groups is 1. The topological polar surface area (TPSA) is 101 Å². The summed E-state index contributed by atoms with van der Waals surface area (Å²) in [4.78, 5) is 23.8. The molecule has 0 spiro atoms. The summed E-state index contributed by atoms with van der Waals surface area (Å²) in [6.45, 7) is 10.3. The minimum atomic E-state index is -0.633. The van der Waals surface area contributed by atoms with E-state index in [1.807, 2.05) is 0 Å². The smallest absolute Gasteiger partial charge is 0.400 e. The van der Waals surface area contributed by atoms with Crippen molar-refractivity contribution in [2.24, 2.45) is 16.9 Å². The first-order chi connectivity index (χ1) is 10.8. The molecule has 0 aliphatic carbocycles. The van der Waals surface area contributed by atoms with Gasteiger partial charge in [-0.25, -0.2) is 5.43 Å². The monoisotopic (exact) mass is 324 g/mol. The van der Waals surface area contributed by atoms with E-state index in [4.69, 9.17) is 4.42 Å². The second kappa shape index (κ2) is 9.04. The standard InChI is InChI=1S/C15H24N4O4/c1-11(2)8-18(9-12(3)4)10-14(20)17-16-7-13-5-6-15(23-13)19(21)22/h5-7,11-12H,8-10H2,1-4H3,(H,17,20)/b16-7-. The first-order valence-electron chi connectivity index (χ1n) is 7.56. The third-order valence-corrected chi connectivity index (χ3v) is 2.79. The maximum Gasteiger partial charge on any atom is 0.433 e. The highest BCUT2D eigenvalue weighted by molar-refractivity contribution is 5.81. The molecule has 1 aromatic rings. The van der Waals surface area contributed by atoms with Gasteiger partial charge in [-0.2, -0.15) is 5.10 Å². The summed E-state index contributed by atoms with van der Waals surface area (Å²) < 4.78 is 4.90. The fraction of sp³-hybridized carbons (Fsp3) is 0.600. The van der Waals surface area contributed by atoms with E-state index in [0.29, 0.717) is 11.8 Å². The zero-order chi connectivity index (χ0) is 17.4. The maximum atomic E-state index is 11.9. The van der Waals surface area contributed by atoms with Gasteiger partial charge < -0.3 is 4.42 Å². The summed E-state index contributed by atoms with van der Waals surface area (Å²) in [6.07, 6.45) is 1.24. The molecule has 1 amide bonds. The number of nitrogens with one attached hydrogen (secondary N) is 1. The van der Waals surface area contributed by atoms with Crippen molar-refractivity contribution >= 4 is 18.0 Å². The Morgan fingerprint density at radius 3 is 2.43 bits per heavy atom. The molecule has 23 heavy (non-hydrogen) atoms. The second-order valence-corrected chi connectivity index (χ2v) is 6.21. The van der Waals surface area contributed by atoms with Crippen LogP contribution in [0.2, 0.25) is 0 Å². The molecule has 0 aliphatic heterocycles. The number of nitrogens with zero attached hydrogens (tertiary/aromatic N) is 3. The lowest BCUT2D eigenvalue weighted by Crippen LogP contribution is -2.39. The molecule has 1 N–H and O–H groups in total. The fourth-order valence-electron chi connectivity index (χ4n) is 2.15. The summed E-state index contributed by atoms with van der Waals surface area (Å²) >= 11 is 0. The number of hydrazone groups is 1. The van der Waals surface area contributed by atoms with E-state index in [-0.39, 0.29) is 24.1 Å². The van der Waals surface area contributed by atoms with Crippen molar-refractivity contribution in [3.63, 3.8) is 0 Å². The van der Waals surface area contributed by atoms with E-state index in [0.717, 1.165) is 13.1 Å². The van der Waals surface area contributed by atoms with Crippen LogP contribution in [0.25, 0.3) is 0 Å². The average molecular weight is 324 g/mol. The summed E-state index contributed by atoms with van der Waals surface area (Å²) in [5.41, 5.74) is 2.41. The molecule has 0 saturated carbocycles. The van der Waals surface area contributed by atoms with Gasteiger partial charge in [-0.3, -0.25) is 19.8 Å². The van der Waals surface area contributed by atoms with Gasteiger partial charge in [0.05, 0.1) is 18.8 Å². The van der Waals surface area contributed by atoms with Gasteiger partial charge >= 0.3 is 5.88 Å².